The van der Waals surface area contributed by atoms with E-state index in [-0.39, 0.29) is 17.9 Å². The van der Waals surface area contributed by atoms with Crippen LogP contribution in [0.4, 0.5) is 5.69 Å². The number of amides is 2. The van der Waals surface area contributed by atoms with Crippen molar-refractivity contribution in [3.63, 3.8) is 0 Å². The zero-order chi connectivity index (χ0) is 26.9. The quantitative estimate of drug-likeness (QED) is 0.325. The molecule has 0 radical (unpaired) electrons. The van der Waals surface area contributed by atoms with Gasteiger partial charge in [-0.25, -0.2) is 0 Å². The number of likely N-dealkylation sites (tertiary alicyclic amines) is 1. The molecular weight excluding hydrogens is 486 g/mol. The van der Waals surface area contributed by atoms with Crippen molar-refractivity contribution in [3.8, 4) is 5.75 Å². The summed E-state index contributed by atoms with van der Waals surface area (Å²) in [5.41, 5.74) is -0.417. The number of rotatable bonds is 8. The molecule has 0 saturated carbocycles. The van der Waals surface area contributed by atoms with Crippen LogP contribution in [0.15, 0.2) is 54.1 Å². The lowest BCUT2D eigenvalue weighted by Gasteiger charge is -2.36. The average molecular weight is 520 g/mol. The van der Waals surface area contributed by atoms with Crippen LogP contribution in [0.3, 0.4) is 0 Å². The Bertz CT molecular complexity index is 1270. The van der Waals surface area contributed by atoms with Gasteiger partial charge >= 0.3 is 0 Å². The lowest BCUT2D eigenvalue weighted by atomic mass is 9.82. The Morgan fingerprint density at radius 2 is 1.68 bits per heavy atom. The second-order valence-electron chi connectivity index (χ2n) is 9.61. The number of Topliss-reactive ketones (excluding diaryl/α,β-unsaturated/α-hetero) is 1. The molecule has 0 bridgehead atoms. The van der Waals surface area contributed by atoms with Gasteiger partial charge in [0.15, 0.2) is 5.54 Å². The summed E-state index contributed by atoms with van der Waals surface area (Å²) >= 11 is 0. The maximum Gasteiger partial charge on any atom is 0.296 e. The first-order valence-electron chi connectivity index (χ1n) is 13.2. The fourth-order valence-corrected chi connectivity index (χ4v) is 5.70. The van der Waals surface area contributed by atoms with E-state index in [9.17, 15) is 19.5 Å². The molecule has 2 amide bonds. The number of anilines is 1. The molecule has 1 spiro atoms. The predicted molar refractivity (Wildman–Crippen MR) is 142 cm³/mol. The molecule has 0 aliphatic carbocycles. The molecule has 2 aromatic rings. The van der Waals surface area contributed by atoms with E-state index in [0.29, 0.717) is 75.0 Å². The Hall–Kier alpha value is -3.69. The van der Waals surface area contributed by atoms with Gasteiger partial charge in [0.25, 0.3) is 17.6 Å². The summed E-state index contributed by atoms with van der Waals surface area (Å²) in [6.45, 7) is 7.97. The van der Waals surface area contributed by atoms with E-state index >= 15 is 0 Å². The van der Waals surface area contributed by atoms with Crippen LogP contribution >= 0.6 is 0 Å². The van der Waals surface area contributed by atoms with Crippen molar-refractivity contribution >= 4 is 29.0 Å². The molecule has 2 aromatic carbocycles. The van der Waals surface area contributed by atoms with Gasteiger partial charge < -0.3 is 24.4 Å². The predicted octanol–water partition coefficient (Wildman–Crippen LogP) is 2.75. The first-order chi connectivity index (χ1) is 18.4. The number of benzene rings is 2. The number of hydrogen-bond acceptors (Lipinski definition) is 7. The second kappa shape index (κ2) is 10.6. The summed E-state index contributed by atoms with van der Waals surface area (Å²) in [6.07, 6.45) is 0.690. The van der Waals surface area contributed by atoms with Crippen molar-refractivity contribution in [1.29, 1.82) is 0 Å². The van der Waals surface area contributed by atoms with Gasteiger partial charge in [0.05, 0.1) is 31.1 Å². The van der Waals surface area contributed by atoms with E-state index in [0.717, 1.165) is 0 Å². The highest BCUT2D eigenvalue weighted by molar-refractivity contribution is 6.50. The fourth-order valence-electron chi connectivity index (χ4n) is 5.70. The summed E-state index contributed by atoms with van der Waals surface area (Å²) < 4.78 is 10.9. The van der Waals surface area contributed by atoms with E-state index in [1.807, 2.05) is 26.0 Å². The van der Waals surface area contributed by atoms with Crippen LogP contribution in [0, 0.1) is 0 Å². The second-order valence-corrected chi connectivity index (χ2v) is 9.61. The van der Waals surface area contributed by atoms with Gasteiger partial charge in [0, 0.05) is 43.9 Å². The summed E-state index contributed by atoms with van der Waals surface area (Å²) in [6, 6.07) is 13.9. The highest BCUT2D eigenvalue weighted by Gasteiger charge is 2.66. The van der Waals surface area contributed by atoms with E-state index in [4.69, 9.17) is 9.47 Å². The topological polar surface area (TPSA) is 99.6 Å². The van der Waals surface area contributed by atoms with Gasteiger partial charge in [-0.3, -0.25) is 19.3 Å². The maximum atomic E-state index is 14.4. The molecule has 1 atom stereocenters. The first-order valence-corrected chi connectivity index (χ1v) is 13.2. The number of carbonyl (C=O) groups excluding carboxylic acids is 3. The van der Waals surface area contributed by atoms with Crippen molar-refractivity contribution in [2.45, 2.75) is 25.8 Å². The standard InChI is InChI=1S/C29H33N3O6/c1-3-13-31-23-8-6-5-7-22(23)29(28(31)36)24(25(33)20-9-11-21(12-10-20)38-4-2)26(34)27(35)32(29)15-14-30-16-18-37-19-17-30/h5-12,33H,3-4,13-19H2,1-2H3/b25-24-. The molecule has 2 fully saturated rings. The van der Waals surface area contributed by atoms with Gasteiger partial charge in [0.1, 0.15) is 11.5 Å². The van der Waals surface area contributed by atoms with Gasteiger partial charge in [0.2, 0.25) is 0 Å². The van der Waals surface area contributed by atoms with Crippen molar-refractivity contribution in [2.75, 3.05) is 57.4 Å². The van der Waals surface area contributed by atoms with E-state index in [1.54, 1.807) is 41.3 Å². The van der Waals surface area contributed by atoms with Crippen LogP contribution < -0.4 is 9.64 Å². The number of nitrogens with zero attached hydrogens (tertiary/aromatic N) is 3. The van der Waals surface area contributed by atoms with Gasteiger partial charge in [-0.05, 0) is 43.7 Å². The molecule has 3 aliphatic rings. The Morgan fingerprint density at radius 1 is 0.974 bits per heavy atom. The van der Waals surface area contributed by atoms with E-state index in [2.05, 4.69) is 4.90 Å². The zero-order valence-corrected chi connectivity index (χ0v) is 21.8. The molecule has 3 aliphatic heterocycles. The third kappa shape index (κ3) is 4.06. The van der Waals surface area contributed by atoms with E-state index < -0.39 is 23.1 Å². The third-order valence-electron chi connectivity index (χ3n) is 7.44. The molecule has 2 saturated heterocycles. The monoisotopic (exact) mass is 519 g/mol. The SMILES string of the molecule is CCCN1C(=O)C2(/C(=C(\O)c3ccc(OCC)cc3)C(=O)C(=O)N2CCN2CCOCC2)c2ccccc21. The fraction of sp³-hybridized carbons (Fsp3) is 0.414. The summed E-state index contributed by atoms with van der Waals surface area (Å²) in [4.78, 5) is 46.9. The van der Waals surface area contributed by atoms with Crippen LogP contribution in [0.1, 0.15) is 31.4 Å². The third-order valence-corrected chi connectivity index (χ3v) is 7.44. The summed E-state index contributed by atoms with van der Waals surface area (Å²) in [5.74, 6) is -1.80. The first kappa shape index (κ1) is 25.9. The highest BCUT2D eigenvalue weighted by Crippen LogP contribution is 2.53. The molecule has 5 rings (SSSR count). The van der Waals surface area contributed by atoms with Crippen molar-refractivity contribution in [3.05, 3.63) is 65.2 Å². The Morgan fingerprint density at radius 3 is 2.37 bits per heavy atom. The normalized spacial score (nSPS) is 22.9. The number of fused-ring (bicyclic) bond motifs is 2. The van der Waals surface area contributed by atoms with Crippen LogP contribution in [-0.4, -0.2) is 85.0 Å². The van der Waals surface area contributed by atoms with Crippen molar-refractivity contribution < 1.29 is 29.0 Å². The molecular formula is C29H33N3O6. The number of ketones is 1. The molecule has 38 heavy (non-hydrogen) atoms. The molecule has 1 unspecified atom stereocenters. The highest BCUT2D eigenvalue weighted by atomic mass is 16.5. The van der Waals surface area contributed by atoms with Crippen molar-refractivity contribution in [1.82, 2.24) is 9.80 Å². The minimum Gasteiger partial charge on any atom is -0.507 e. The molecule has 3 heterocycles. The Balaban J connectivity index is 1.68. The van der Waals surface area contributed by atoms with Crippen LogP contribution in [0.25, 0.3) is 5.76 Å². The van der Waals surface area contributed by atoms with Gasteiger partial charge in [-0.15, -0.1) is 0 Å². The number of para-hydroxylation sites is 1. The van der Waals surface area contributed by atoms with Gasteiger partial charge in [-0.2, -0.15) is 0 Å². The maximum absolute atomic E-state index is 14.4. The molecule has 9 heteroatoms. The molecule has 1 N–H and O–H groups in total. The Labute approximate surface area is 222 Å². The van der Waals surface area contributed by atoms with Crippen molar-refractivity contribution in [2.24, 2.45) is 0 Å². The summed E-state index contributed by atoms with van der Waals surface area (Å²) in [5, 5.41) is 11.6. The zero-order valence-electron chi connectivity index (χ0n) is 21.8. The number of hydrogen-bond donors (Lipinski definition) is 1. The lowest BCUT2D eigenvalue weighted by molar-refractivity contribution is -0.144. The van der Waals surface area contributed by atoms with Gasteiger partial charge in [-0.1, -0.05) is 25.1 Å². The number of carbonyl (C=O) groups is 3. The Kier molecular flexibility index (Phi) is 7.23. The number of aliphatic hydroxyl groups excluding tert-OH is 1. The average Bonchev–Trinajstić information content (AvgIpc) is 3.31. The number of ether oxygens (including phenoxy) is 2. The molecule has 9 nitrogen and oxygen atoms in total. The van der Waals surface area contributed by atoms with E-state index in [1.165, 1.54) is 4.90 Å². The summed E-state index contributed by atoms with van der Waals surface area (Å²) in [7, 11) is 0. The smallest absolute Gasteiger partial charge is 0.296 e. The molecule has 0 aromatic heterocycles. The van der Waals surface area contributed by atoms with Crippen LogP contribution in [0.2, 0.25) is 0 Å². The van der Waals surface area contributed by atoms with Crippen LogP contribution in [-0.2, 0) is 24.7 Å². The minimum absolute atomic E-state index is 0.157. The largest absolute Gasteiger partial charge is 0.507 e. The molecule has 200 valence electrons. The number of aliphatic hydroxyl groups is 1. The number of morpholine rings is 1. The minimum atomic E-state index is -1.74. The lowest BCUT2D eigenvalue weighted by Crippen LogP contribution is -2.54. The van der Waals surface area contributed by atoms with Crippen LogP contribution in [0.5, 0.6) is 5.75 Å².